The summed E-state index contributed by atoms with van der Waals surface area (Å²) in [5.74, 6) is 1.19. The highest BCUT2D eigenvalue weighted by molar-refractivity contribution is 5.93. The van der Waals surface area contributed by atoms with Crippen LogP contribution in [0.3, 0.4) is 0 Å². The second kappa shape index (κ2) is 7.31. The second-order valence-corrected chi connectivity index (χ2v) is 7.35. The number of hydrogen-bond acceptors (Lipinski definition) is 3. The summed E-state index contributed by atoms with van der Waals surface area (Å²) >= 11 is 0. The highest BCUT2D eigenvalue weighted by Crippen LogP contribution is 2.23. The monoisotopic (exact) mass is 373 g/mol. The number of nitrogens with zero attached hydrogens (tertiary/aromatic N) is 5. The van der Waals surface area contributed by atoms with Gasteiger partial charge >= 0.3 is 0 Å². The number of fused-ring (bicyclic) bond motifs is 1. The summed E-state index contributed by atoms with van der Waals surface area (Å²) < 4.78 is 3.76. The van der Waals surface area contributed by atoms with Crippen LogP contribution in [-0.2, 0) is 0 Å². The zero-order chi connectivity index (χ0) is 19.7. The van der Waals surface area contributed by atoms with Crippen LogP contribution in [0, 0.1) is 5.92 Å². The van der Waals surface area contributed by atoms with Crippen molar-refractivity contribution in [2.45, 2.75) is 13.8 Å². The molecule has 0 unspecified atom stereocenters. The summed E-state index contributed by atoms with van der Waals surface area (Å²) in [6.45, 7) is 4.90. The number of hydrogen-bond donors (Lipinski definition) is 0. The average Bonchev–Trinajstić information content (AvgIpc) is 3.33. The van der Waals surface area contributed by atoms with Crippen LogP contribution >= 0.6 is 0 Å². The van der Waals surface area contributed by atoms with Crippen molar-refractivity contribution in [2.24, 2.45) is 5.92 Å². The lowest BCUT2D eigenvalue weighted by atomic mass is 10.1. The molecule has 0 aliphatic rings. The number of carbonyl (C=O) groups is 1. The summed E-state index contributed by atoms with van der Waals surface area (Å²) in [6.07, 6.45) is 7.32. The summed E-state index contributed by atoms with van der Waals surface area (Å²) in [5.41, 5.74) is 3.68. The molecule has 1 amide bonds. The topological polar surface area (TPSA) is 55.4 Å². The van der Waals surface area contributed by atoms with Crippen LogP contribution < -0.4 is 0 Å². The first-order valence-corrected chi connectivity index (χ1v) is 9.36. The minimum Gasteiger partial charge on any atom is -0.340 e. The maximum absolute atomic E-state index is 12.9. The minimum atomic E-state index is -0.0374. The van der Waals surface area contributed by atoms with Crippen molar-refractivity contribution in [1.82, 2.24) is 24.1 Å². The molecule has 4 aromatic heterocycles. The first-order chi connectivity index (χ1) is 13.5. The predicted molar refractivity (Wildman–Crippen MR) is 110 cm³/mol. The molecule has 4 aromatic rings. The van der Waals surface area contributed by atoms with Gasteiger partial charge in [0.05, 0.1) is 6.20 Å². The minimum absolute atomic E-state index is 0.0374. The number of carbonyl (C=O) groups excluding carboxylic acids is 1. The Morgan fingerprint density at radius 2 is 1.89 bits per heavy atom. The van der Waals surface area contributed by atoms with Gasteiger partial charge in [-0.05, 0) is 41.8 Å². The lowest BCUT2D eigenvalue weighted by molar-refractivity contribution is 0.0770. The number of rotatable bonds is 5. The van der Waals surface area contributed by atoms with Crippen LogP contribution in [0.1, 0.15) is 24.3 Å². The van der Waals surface area contributed by atoms with Gasteiger partial charge in [0.1, 0.15) is 11.5 Å². The van der Waals surface area contributed by atoms with Gasteiger partial charge < -0.3 is 9.30 Å². The number of pyridine rings is 2. The smallest absolute Gasteiger partial charge is 0.272 e. The molecular weight excluding hydrogens is 350 g/mol. The van der Waals surface area contributed by atoms with Gasteiger partial charge in [-0.1, -0.05) is 26.0 Å². The molecular formula is C22H23N5O. The van der Waals surface area contributed by atoms with Gasteiger partial charge in [0.2, 0.25) is 0 Å². The Labute approximate surface area is 164 Å². The van der Waals surface area contributed by atoms with Crippen molar-refractivity contribution in [3.63, 3.8) is 0 Å². The third-order valence-corrected chi connectivity index (χ3v) is 4.69. The van der Waals surface area contributed by atoms with Crippen LogP contribution in [0.15, 0.2) is 67.3 Å². The molecule has 28 heavy (non-hydrogen) atoms. The molecule has 0 saturated carbocycles. The molecule has 0 fully saturated rings. The van der Waals surface area contributed by atoms with E-state index in [0.29, 0.717) is 18.2 Å². The summed E-state index contributed by atoms with van der Waals surface area (Å²) in [6, 6.07) is 13.9. The molecule has 0 N–H and O–H groups in total. The molecule has 0 radical (unpaired) electrons. The average molecular weight is 373 g/mol. The maximum atomic E-state index is 12.9. The van der Waals surface area contributed by atoms with Gasteiger partial charge in [0.15, 0.2) is 0 Å². The Kier molecular flexibility index (Phi) is 4.69. The molecule has 4 rings (SSSR count). The van der Waals surface area contributed by atoms with Gasteiger partial charge in [-0.3, -0.25) is 9.78 Å². The Morgan fingerprint density at radius 1 is 1.07 bits per heavy atom. The molecule has 142 valence electrons. The quantitative estimate of drug-likeness (QED) is 0.533. The fraction of sp³-hybridized carbons (Fsp3) is 0.227. The van der Waals surface area contributed by atoms with Crippen molar-refractivity contribution >= 4 is 11.4 Å². The van der Waals surface area contributed by atoms with E-state index in [9.17, 15) is 4.79 Å². The normalized spacial score (nSPS) is 11.3. The molecule has 0 aliphatic carbocycles. The van der Waals surface area contributed by atoms with Crippen LogP contribution in [0.2, 0.25) is 0 Å². The van der Waals surface area contributed by atoms with E-state index in [-0.39, 0.29) is 5.91 Å². The molecule has 6 heteroatoms. The van der Waals surface area contributed by atoms with E-state index in [0.717, 1.165) is 22.5 Å². The zero-order valence-corrected chi connectivity index (χ0v) is 16.3. The molecule has 0 spiro atoms. The number of aromatic nitrogens is 4. The zero-order valence-electron chi connectivity index (χ0n) is 16.3. The molecule has 0 bridgehead atoms. The van der Waals surface area contributed by atoms with Gasteiger partial charge in [0, 0.05) is 43.3 Å². The Morgan fingerprint density at radius 3 is 2.64 bits per heavy atom. The van der Waals surface area contributed by atoms with Gasteiger partial charge in [-0.25, -0.2) is 4.68 Å². The molecule has 4 heterocycles. The largest absolute Gasteiger partial charge is 0.340 e. The van der Waals surface area contributed by atoms with E-state index in [1.54, 1.807) is 28.0 Å². The van der Waals surface area contributed by atoms with Crippen LogP contribution in [0.5, 0.6) is 0 Å². The van der Waals surface area contributed by atoms with Crippen molar-refractivity contribution in [1.29, 1.82) is 0 Å². The van der Waals surface area contributed by atoms with Crippen LogP contribution in [0.25, 0.3) is 22.5 Å². The Balaban J connectivity index is 1.77. The fourth-order valence-corrected chi connectivity index (χ4v) is 3.44. The first-order valence-electron chi connectivity index (χ1n) is 9.36. The van der Waals surface area contributed by atoms with Crippen LogP contribution in [0.4, 0.5) is 0 Å². The first kappa shape index (κ1) is 18.0. The summed E-state index contributed by atoms with van der Waals surface area (Å²) in [7, 11) is 1.83. The van der Waals surface area contributed by atoms with Crippen molar-refractivity contribution in [3.8, 4) is 16.9 Å². The van der Waals surface area contributed by atoms with E-state index in [2.05, 4.69) is 46.7 Å². The van der Waals surface area contributed by atoms with E-state index < -0.39 is 0 Å². The van der Waals surface area contributed by atoms with E-state index in [1.165, 1.54) is 0 Å². The molecule has 0 saturated heterocycles. The van der Waals surface area contributed by atoms with E-state index >= 15 is 0 Å². The molecule has 6 nitrogen and oxygen atoms in total. The lowest BCUT2D eigenvalue weighted by Gasteiger charge is -2.19. The lowest BCUT2D eigenvalue weighted by Crippen LogP contribution is -2.31. The molecule has 0 aliphatic heterocycles. The molecule has 0 aromatic carbocycles. The second-order valence-electron chi connectivity index (χ2n) is 7.35. The van der Waals surface area contributed by atoms with Crippen molar-refractivity contribution in [2.75, 3.05) is 13.6 Å². The predicted octanol–water partition coefficient (Wildman–Crippen LogP) is 3.92. The summed E-state index contributed by atoms with van der Waals surface area (Å²) in [5, 5.41) is 4.43. The van der Waals surface area contributed by atoms with Gasteiger partial charge in [-0.15, -0.1) is 0 Å². The van der Waals surface area contributed by atoms with Crippen molar-refractivity contribution in [3.05, 3.63) is 72.9 Å². The van der Waals surface area contributed by atoms with E-state index in [4.69, 9.17) is 0 Å². The third-order valence-electron chi connectivity index (χ3n) is 4.69. The standard InChI is InChI=1S/C22H23N5O/c1-16(2)14-25(3)22(28)20-10-12-24-27(20)21-9-8-19-7-6-18(15-26(19)21)17-5-4-11-23-13-17/h4-13,15-16H,14H2,1-3H3. The van der Waals surface area contributed by atoms with Gasteiger partial charge in [0.25, 0.3) is 5.91 Å². The van der Waals surface area contributed by atoms with Gasteiger partial charge in [-0.2, -0.15) is 5.10 Å². The Hall–Kier alpha value is -3.41. The molecule has 0 atom stereocenters. The van der Waals surface area contributed by atoms with E-state index in [1.807, 2.05) is 37.5 Å². The SMILES string of the molecule is CC(C)CN(C)C(=O)c1ccnn1-c1ccc2ccc(-c3cccnc3)cn12. The Bertz CT molecular complexity index is 1110. The summed E-state index contributed by atoms with van der Waals surface area (Å²) in [4.78, 5) is 18.9. The highest BCUT2D eigenvalue weighted by atomic mass is 16.2. The maximum Gasteiger partial charge on any atom is 0.272 e. The third kappa shape index (κ3) is 3.29. The highest BCUT2D eigenvalue weighted by Gasteiger charge is 2.19. The fourth-order valence-electron chi connectivity index (χ4n) is 3.44. The van der Waals surface area contributed by atoms with Crippen molar-refractivity contribution < 1.29 is 4.79 Å². The number of amides is 1. The van der Waals surface area contributed by atoms with Crippen LogP contribution in [-0.4, -0.2) is 43.6 Å².